The monoisotopic (exact) mass is 495 g/mol. The van der Waals surface area contributed by atoms with Crippen molar-refractivity contribution in [3.05, 3.63) is 116 Å². The van der Waals surface area contributed by atoms with Crippen molar-refractivity contribution in [3.63, 3.8) is 0 Å². The Labute approximate surface area is 213 Å². The van der Waals surface area contributed by atoms with Gasteiger partial charge in [0.25, 0.3) is 11.5 Å². The van der Waals surface area contributed by atoms with E-state index < -0.39 is 5.91 Å². The van der Waals surface area contributed by atoms with Gasteiger partial charge in [-0.3, -0.25) is 14.2 Å². The number of benzene rings is 3. The summed E-state index contributed by atoms with van der Waals surface area (Å²) in [6.45, 7) is 4.34. The number of ether oxygens (including phenoxy) is 1. The van der Waals surface area contributed by atoms with E-state index in [4.69, 9.17) is 4.74 Å². The van der Waals surface area contributed by atoms with Crippen LogP contribution in [0, 0.1) is 11.3 Å². The number of nitriles is 1. The van der Waals surface area contributed by atoms with Crippen LogP contribution in [0.15, 0.2) is 89.7 Å². The molecule has 3 aromatic carbocycles. The van der Waals surface area contributed by atoms with Gasteiger partial charge in [0.15, 0.2) is 5.57 Å². The average Bonchev–Trinajstić information content (AvgIpc) is 3.22. The van der Waals surface area contributed by atoms with Crippen LogP contribution in [0.5, 0.6) is 5.75 Å². The van der Waals surface area contributed by atoms with Crippen molar-refractivity contribution in [1.82, 2.24) is 9.88 Å². The Morgan fingerprint density at radius 1 is 1.06 bits per heavy atom. The Bertz CT molecular complexity index is 1570. The largest absolute Gasteiger partial charge is 0.494 e. The number of carbonyl (C=O) groups is 1. The topological polar surface area (TPSA) is 84.1 Å². The van der Waals surface area contributed by atoms with Crippen LogP contribution in [0.3, 0.4) is 0 Å². The zero-order valence-electron chi connectivity index (χ0n) is 20.0. The van der Waals surface area contributed by atoms with Gasteiger partial charge in [0, 0.05) is 0 Å². The number of hydrogen-bond donors (Lipinski definition) is 1. The van der Waals surface area contributed by atoms with Crippen LogP contribution in [0.4, 0.5) is 0 Å². The van der Waals surface area contributed by atoms with E-state index in [1.807, 2.05) is 92.7 Å². The Kier molecular flexibility index (Phi) is 7.79. The summed E-state index contributed by atoms with van der Waals surface area (Å²) in [5.41, 5.74) is 1.89. The van der Waals surface area contributed by atoms with Crippen LogP contribution in [-0.2, 0) is 4.79 Å². The van der Waals surface area contributed by atoms with Gasteiger partial charge in [-0.15, -0.1) is 11.3 Å². The summed E-state index contributed by atoms with van der Waals surface area (Å²) in [7, 11) is 0. The van der Waals surface area contributed by atoms with Crippen molar-refractivity contribution < 1.29 is 9.53 Å². The third kappa shape index (κ3) is 5.45. The molecule has 0 saturated heterocycles. The standard InChI is InChI=1S/C29H25N3O3S/c1-3-35-24-16-14-21(15-17-24)18-26-28(34)32(23-12-8-5-9-13-23)29(36-26)25(19-30)27(33)31-20(2)22-10-6-4-7-11-22/h4-18,20H,3H2,1-2H3,(H,31,33)/b26-18-,29-25-/t20-/m1/s1. The molecule has 1 atom stereocenters. The summed E-state index contributed by atoms with van der Waals surface area (Å²) < 4.78 is 7.61. The Balaban J connectivity index is 1.85. The number of aromatic nitrogens is 1. The second-order valence-electron chi connectivity index (χ2n) is 7.99. The fraction of sp³-hybridized carbons (Fsp3) is 0.138. The normalized spacial score (nSPS) is 13.0. The lowest BCUT2D eigenvalue weighted by atomic mass is 10.1. The molecular weight excluding hydrogens is 470 g/mol. The molecule has 1 amide bonds. The van der Waals surface area contributed by atoms with Crippen LogP contribution in [0.1, 0.15) is 31.0 Å². The quantitative estimate of drug-likeness (QED) is 0.424. The van der Waals surface area contributed by atoms with E-state index in [2.05, 4.69) is 5.32 Å². The van der Waals surface area contributed by atoms with Crippen molar-refractivity contribution in [3.8, 4) is 17.5 Å². The van der Waals surface area contributed by atoms with Gasteiger partial charge in [0.2, 0.25) is 0 Å². The van der Waals surface area contributed by atoms with E-state index in [1.165, 1.54) is 4.57 Å². The van der Waals surface area contributed by atoms with E-state index in [-0.39, 0.29) is 21.8 Å². The van der Waals surface area contributed by atoms with Crippen molar-refractivity contribution in [2.45, 2.75) is 19.9 Å². The molecule has 0 fully saturated rings. The highest BCUT2D eigenvalue weighted by Gasteiger charge is 2.19. The molecule has 0 aliphatic heterocycles. The van der Waals surface area contributed by atoms with Gasteiger partial charge < -0.3 is 10.1 Å². The van der Waals surface area contributed by atoms with Crippen molar-refractivity contribution >= 4 is 28.9 Å². The van der Waals surface area contributed by atoms with Gasteiger partial charge in [-0.05, 0) is 55.3 Å². The average molecular weight is 496 g/mol. The van der Waals surface area contributed by atoms with Crippen LogP contribution in [-0.4, -0.2) is 17.1 Å². The maximum absolute atomic E-state index is 13.5. The van der Waals surface area contributed by atoms with Gasteiger partial charge in [-0.2, -0.15) is 5.26 Å². The summed E-state index contributed by atoms with van der Waals surface area (Å²) in [5, 5.41) is 12.9. The Morgan fingerprint density at radius 3 is 2.31 bits per heavy atom. The Morgan fingerprint density at radius 2 is 1.69 bits per heavy atom. The minimum atomic E-state index is -0.535. The van der Waals surface area contributed by atoms with Crippen LogP contribution in [0.2, 0.25) is 0 Å². The molecule has 0 spiro atoms. The highest BCUT2D eigenvalue weighted by Crippen LogP contribution is 2.14. The fourth-order valence-corrected chi connectivity index (χ4v) is 4.83. The number of nitrogens with zero attached hydrogens (tertiary/aromatic N) is 2. The van der Waals surface area contributed by atoms with Crippen LogP contribution >= 0.6 is 11.3 Å². The first-order valence-electron chi connectivity index (χ1n) is 11.5. The van der Waals surface area contributed by atoms with Gasteiger partial charge in [0.1, 0.15) is 16.5 Å². The molecule has 7 heteroatoms. The number of nitrogens with one attached hydrogen (secondary N) is 1. The molecule has 0 unspecified atom stereocenters. The second kappa shape index (κ2) is 11.3. The minimum Gasteiger partial charge on any atom is -0.494 e. The number of rotatable bonds is 7. The molecule has 180 valence electrons. The molecule has 36 heavy (non-hydrogen) atoms. The Hall–Kier alpha value is -4.41. The second-order valence-corrected chi connectivity index (χ2v) is 9.02. The van der Waals surface area contributed by atoms with Crippen molar-refractivity contribution in [2.75, 3.05) is 6.61 Å². The van der Waals surface area contributed by atoms with E-state index in [1.54, 1.807) is 18.2 Å². The molecule has 1 heterocycles. The van der Waals surface area contributed by atoms with Crippen molar-refractivity contribution in [1.29, 1.82) is 5.26 Å². The zero-order valence-corrected chi connectivity index (χ0v) is 20.8. The number of amides is 1. The molecule has 0 bridgehead atoms. The SMILES string of the molecule is CCOc1ccc(/C=c2\s/c(=C(/C#N)C(=O)N[C@H](C)c3ccccc3)n(-c3ccccc3)c2=O)cc1. The summed E-state index contributed by atoms with van der Waals surface area (Å²) in [4.78, 5) is 26.7. The van der Waals surface area contributed by atoms with Crippen LogP contribution in [0.25, 0.3) is 17.3 Å². The highest BCUT2D eigenvalue weighted by atomic mass is 32.1. The molecular formula is C29H25N3O3S. The number of thiazole rings is 1. The predicted molar refractivity (Wildman–Crippen MR) is 142 cm³/mol. The smallest absolute Gasteiger partial charge is 0.273 e. The third-order valence-electron chi connectivity index (χ3n) is 5.53. The first-order valence-corrected chi connectivity index (χ1v) is 12.4. The third-order valence-corrected chi connectivity index (χ3v) is 6.62. The molecule has 0 radical (unpaired) electrons. The lowest BCUT2D eigenvalue weighted by Gasteiger charge is -2.13. The summed E-state index contributed by atoms with van der Waals surface area (Å²) in [5.74, 6) is 0.208. The first-order chi connectivity index (χ1) is 17.5. The molecule has 6 nitrogen and oxygen atoms in total. The predicted octanol–water partition coefficient (Wildman–Crippen LogP) is 3.68. The molecule has 1 N–H and O–H groups in total. The van der Waals surface area contributed by atoms with E-state index in [0.29, 0.717) is 16.8 Å². The molecule has 4 aromatic rings. The lowest BCUT2D eigenvalue weighted by Crippen LogP contribution is -2.34. The van der Waals surface area contributed by atoms with E-state index >= 15 is 0 Å². The van der Waals surface area contributed by atoms with Gasteiger partial charge >= 0.3 is 0 Å². The zero-order chi connectivity index (χ0) is 25.5. The van der Waals surface area contributed by atoms with Gasteiger partial charge in [0.05, 0.1) is 22.9 Å². The molecule has 0 saturated carbocycles. The number of para-hydroxylation sites is 1. The van der Waals surface area contributed by atoms with E-state index in [0.717, 1.165) is 28.2 Å². The minimum absolute atomic E-state index is 0.116. The van der Waals surface area contributed by atoms with E-state index in [9.17, 15) is 14.9 Å². The number of carbonyl (C=O) groups excluding carboxylic acids is 1. The summed E-state index contributed by atoms with van der Waals surface area (Å²) >= 11 is 1.12. The van der Waals surface area contributed by atoms with Crippen LogP contribution < -0.4 is 24.8 Å². The fourth-order valence-electron chi connectivity index (χ4n) is 3.73. The highest BCUT2D eigenvalue weighted by molar-refractivity contribution is 7.07. The first kappa shape index (κ1) is 24.7. The molecule has 4 rings (SSSR count). The molecule has 1 aromatic heterocycles. The number of hydrogen-bond acceptors (Lipinski definition) is 5. The molecule has 0 aliphatic rings. The van der Waals surface area contributed by atoms with Crippen molar-refractivity contribution in [2.24, 2.45) is 0 Å². The summed E-state index contributed by atoms with van der Waals surface area (Å²) in [6, 6.07) is 27.6. The maximum Gasteiger partial charge on any atom is 0.273 e. The van der Waals surface area contributed by atoms with Gasteiger partial charge in [-0.25, -0.2) is 0 Å². The molecule has 0 aliphatic carbocycles. The van der Waals surface area contributed by atoms with Gasteiger partial charge in [-0.1, -0.05) is 60.7 Å². The lowest BCUT2D eigenvalue weighted by molar-refractivity contribution is -0.116. The maximum atomic E-state index is 13.5. The summed E-state index contributed by atoms with van der Waals surface area (Å²) in [6.07, 6.45) is 1.76.